The quantitative estimate of drug-likeness (QED) is 0.536. The average Bonchev–Trinajstić information content (AvgIpc) is 3.32. The second-order valence-electron chi connectivity index (χ2n) is 10.2. The molecule has 13 heteroatoms. The molecule has 3 aliphatic carbocycles. The van der Waals surface area contributed by atoms with Gasteiger partial charge in [0, 0.05) is 12.8 Å². The van der Waals surface area contributed by atoms with Crippen LogP contribution < -0.4 is 10.6 Å². The first kappa shape index (κ1) is 24.8. The van der Waals surface area contributed by atoms with E-state index >= 15 is 0 Å². The molecule has 196 valence electrons. The smallest absolute Gasteiger partial charge is 0.422 e. The number of amides is 2. The highest BCUT2D eigenvalue weighted by molar-refractivity contribution is 7.91. The molecule has 36 heavy (non-hydrogen) atoms. The maximum Gasteiger partial charge on any atom is 0.422 e. The van der Waals surface area contributed by atoms with Crippen LogP contribution in [0.25, 0.3) is 0 Å². The standard InChI is InChI=1S/C23H27F3N4O5S/c1-36(33,34)11-17(31)27-20-18-19(29-30(20)7-6-13-2-3-13)22(28-21(18)32)9-14-4-5-16(8-15(14)10-22)35-12-23(24,25)26/h4-5,8,13-15H,2-3,6-7,9-12H2,1H3,(H,27,31)(H,28,32). The average molecular weight is 529 g/mol. The molecule has 1 aromatic heterocycles. The Balaban J connectivity index is 1.42. The Morgan fingerprint density at radius 3 is 2.69 bits per heavy atom. The summed E-state index contributed by atoms with van der Waals surface area (Å²) in [5.74, 6) is -1.20. The second-order valence-corrected chi connectivity index (χ2v) is 12.4. The van der Waals surface area contributed by atoms with E-state index in [1.165, 1.54) is 6.08 Å². The summed E-state index contributed by atoms with van der Waals surface area (Å²) in [5, 5.41) is 10.3. The van der Waals surface area contributed by atoms with Crippen LogP contribution in [-0.4, -0.2) is 54.8 Å². The minimum absolute atomic E-state index is 0.0330. The zero-order valence-electron chi connectivity index (χ0n) is 19.6. The lowest BCUT2D eigenvalue weighted by Crippen LogP contribution is -2.38. The molecule has 0 radical (unpaired) electrons. The Labute approximate surface area is 206 Å². The van der Waals surface area contributed by atoms with E-state index in [4.69, 9.17) is 9.84 Å². The highest BCUT2D eigenvalue weighted by Gasteiger charge is 2.55. The van der Waals surface area contributed by atoms with Crippen LogP contribution in [0.1, 0.15) is 48.2 Å². The first-order valence-corrected chi connectivity index (χ1v) is 13.9. The summed E-state index contributed by atoms with van der Waals surface area (Å²) in [5.41, 5.74) is -0.150. The predicted molar refractivity (Wildman–Crippen MR) is 122 cm³/mol. The van der Waals surface area contributed by atoms with Crippen LogP contribution in [0.4, 0.5) is 19.0 Å². The number of ether oxygens (including phenoxy) is 1. The number of allylic oxidation sites excluding steroid dienone is 3. The van der Waals surface area contributed by atoms with Gasteiger partial charge in [-0.25, -0.2) is 13.1 Å². The van der Waals surface area contributed by atoms with Gasteiger partial charge in [-0.3, -0.25) is 9.59 Å². The van der Waals surface area contributed by atoms with Gasteiger partial charge in [-0.15, -0.1) is 0 Å². The Bertz CT molecular complexity index is 1270. The number of alkyl halides is 3. The van der Waals surface area contributed by atoms with Gasteiger partial charge in [0.05, 0.1) is 5.54 Å². The molecule has 5 rings (SSSR count). The molecule has 2 amide bonds. The number of aryl methyl sites for hydroxylation is 1. The number of sulfone groups is 1. The van der Waals surface area contributed by atoms with Crippen molar-refractivity contribution in [2.24, 2.45) is 17.8 Å². The third-order valence-corrected chi connectivity index (χ3v) is 7.88. The number of nitrogens with zero attached hydrogens (tertiary/aromatic N) is 2. The number of fused-ring (bicyclic) bond motifs is 3. The molecule has 3 unspecified atom stereocenters. The summed E-state index contributed by atoms with van der Waals surface area (Å²) < 4.78 is 67.4. The number of rotatable bonds is 8. The molecule has 2 fully saturated rings. The van der Waals surface area contributed by atoms with Gasteiger partial charge < -0.3 is 15.4 Å². The van der Waals surface area contributed by atoms with Crippen LogP contribution in [0.2, 0.25) is 0 Å². The summed E-state index contributed by atoms with van der Waals surface area (Å²) in [4.78, 5) is 25.6. The van der Waals surface area contributed by atoms with E-state index in [9.17, 15) is 31.2 Å². The van der Waals surface area contributed by atoms with E-state index in [1.807, 2.05) is 0 Å². The van der Waals surface area contributed by atoms with Gasteiger partial charge in [-0.1, -0.05) is 18.9 Å². The number of hydrogen-bond acceptors (Lipinski definition) is 6. The van der Waals surface area contributed by atoms with Gasteiger partial charge in [0.25, 0.3) is 5.91 Å². The van der Waals surface area contributed by atoms with Crippen LogP contribution in [0, 0.1) is 17.8 Å². The van der Waals surface area contributed by atoms with Crippen molar-refractivity contribution in [2.45, 2.75) is 50.4 Å². The van der Waals surface area contributed by atoms with Gasteiger partial charge in [-0.2, -0.15) is 18.3 Å². The molecular formula is C23H27F3N4O5S. The fourth-order valence-electron chi connectivity index (χ4n) is 5.38. The van der Waals surface area contributed by atoms with Crippen LogP contribution >= 0.6 is 0 Å². The summed E-state index contributed by atoms with van der Waals surface area (Å²) in [6.07, 6.45) is 5.45. The molecular weight excluding hydrogens is 501 g/mol. The summed E-state index contributed by atoms with van der Waals surface area (Å²) >= 11 is 0. The minimum Gasteiger partial charge on any atom is -0.484 e. The van der Waals surface area contributed by atoms with Gasteiger partial charge >= 0.3 is 6.18 Å². The molecule has 2 heterocycles. The monoisotopic (exact) mass is 528 g/mol. The van der Waals surface area contributed by atoms with Gasteiger partial charge in [0.15, 0.2) is 16.4 Å². The number of nitrogens with one attached hydrogen (secondary N) is 2. The van der Waals surface area contributed by atoms with Crippen molar-refractivity contribution in [3.8, 4) is 0 Å². The SMILES string of the molecule is CS(=O)(=O)CC(=O)Nc1c2c(nn1CCC1CC1)C1(CC3C=CC(OCC(F)(F)F)=CC3C1)NC2=O. The molecule has 1 aliphatic heterocycles. The fraction of sp³-hybridized carbons (Fsp3) is 0.609. The zero-order valence-corrected chi connectivity index (χ0v) is 20.4. The lowest BCUT2D eigenvalue weighted by Gasteiger charge is -2.23. The number of aromatic nitrogens is 2. The minimum atomic E-state index is -4.44. The predicted octanol–water partition coefficient (Wildman–Crippen LogP) is 2.66. The number of anilines is 1. The van der Waals surface area contributed by atoms with E-state index in [-0.39, 0.29) is 29.0 Å². The van der Waals surface area contributed by atoms with E-state index < -0.39 is 45.7 Å². The number of carbonyl (C=O) groups is 2. The highest BCUT2D eigenvalue weighted by atomic mass is 32.2. The van der Waals surface area contributed by atoms with Crippen LogP contribution in [0.15, 0.2) is 24.0 Å². The van der Waals surface area contributed by atoms with E-state index in [1.54, 1.807) is 16.8 Å². The van der Waals surface area contributed by atoms with Crippen molar-refractivity contribution in [1.29, 1.82) is 0 Å². The second kappa shape index (κ2) is 8.63. The van der Waals surface area contributed by atoms with E-state index in [0.717, 1.165) is 25.5 Å². The Hall–Kier alpha value is -2.83. The maximum absolute atomic E-state index is 13.1. The van der Waals surface area contributed by atoms with Crippen LogP contribution in [0.5, 0.6) is 0 Å². The maximum atomic E-state index is 13.1. The summed E-state index contributed by atoms with van der Waals surface area (Å²) in [6, 6.07) is 0. The van der Waals surface area contributed by atoms with Crippen molar-refractivity contribution >= 4 is 27.5 Å². The van der Waals surface area contributed by atoms with Crippen molar-refractivity contribution in [3.63, 3.8) is 0 Å². The largest absolute Gasteiger partial charge is 0.484 e. The third kappa shape index (κ3) is 5.16. The highest BCUT2D eigenvalue weighted by Crippen LogP contribution is 2.52. The Morgan fingerprint density at radius 2 is 2.03 bits per heavy atom. The van der Waals surface area contributed by atoms with Crippen molar-refractivity contribution in [1.82, 2.24) is 15.1 Å². The van der Waals surface area contributed by atoms with Crippen LogP contribution in [0.3, 0.4) is 0 Å². The lowest BCUT2D eigenvalue weighted by atomic mass is 9.91. The molecule has 0 saturated heterocycles. The van der Waals surface area contributed by atoms with Gasteiger partial charge in [-0.05, 0) is 49.2 Å². The van der Waals surface area contributed by atoms with Crippen molar-refractivity contribution < 1.29 is 35.9 Å². The van der Waals surface area contributed by atoms with E-state index in [2.05, 4.69) is 10.6 Å². The first-order chi connectivity index (χ1) is 16.8. The Kier molecular flexibility index (Phi) is 5.96. The van der Waals surface area contributed by atoms with Gasteiger partial charge in [0.1, 0.15) is 28.6 Å². The third-order valence-electron chi connectivity index (χ3n) is 7.09. The molecule has 4 aliphatic rings. The zero-order chi connectivity index (χ0) is 25.9. The van der Waals surface area contributed by atoms with Crippen LogP contribution in [-0.2, 0) is 31.5 Å². The van der Waals surface area contributed by atoms with E-state index in [0.29, 0.717) is 31.0 Å². The number of hydrogen-bond donors (Lipinski definition) is 2. The first-order valence-electron chi connectivity index (χ1n) is 11.8. The molecule has 0 aromatic carbocycles. The normalized spacial score (nSPS) is 27.0. The summed E-state index contributed by atoms with van der Waals surface area (Å²) in [7, 11) is -3.58. The molecule has 9 nitrogen and oxygen atoms in total. The molecule has 2 N–H and O–H groups in total. The lowest BCUT2D eigenvalue weighted by molar-refractivity contribution is -0.164. The van der Waals surface area contributed by atoms with Crippen molar-refractivity contribution in [3.05, 3.63) is 35.2 Å². The number of carbonyl (C=O) groups excluding carboxylic acids is 2. The summed E-state index contributed by atoms with van der Waals surface area (Å²) in [6.45, 7) is -0.911. The molecule has 0 bridgehead atoms. The Morgan fingerprint density at radius 1 is 1.31 bits per heavy atom. The fourth-order valence-corrected chi connectivity index (χ4v) is 5.93. The molecule has 1 spiro atoms. The molecule has 2 saturated carbocycles. The van der Waals surface area contributed by atoms with Crippen molar-refractivity contribution in [2.75, 3.05) is 23.9 Å². The molecule has 3 atom stereocenters. The molecule has 1 aromatic rings. The topological polar surface area (TPSA) is 119 Å². The number of halogens is 3. The van der Waals surface area contributed by atoms with Gasteiger partial charge in [0.2, 0.25) is 5.91 Å².